The molecule has 0 saturated carbocycles. The first-order valence-corrected chi connectivity index (χ1v) is 15.1. The van der Waals surface area contributed by atoms with Gasteiger partial charge < -0.3 is 24.3 Å². The fourth-order valence-corrected chi connectivity index (χ4v) is 4.79. The van der Waals surface area contributed by atoms with Crippen LogP contribution in [-0.2, 0) is 4.74 Å². The second-order valence-electron chi connectivity index (χ2n) is 11.5. The Hall–Kier alpha value is -0.200. The topological polar surface area (TPSA) is 22.2 Å². The van der Waals surface area contributed by atoms with E-state index < -0.39 is 0 Å². The lowest BCUT2D eigenvalue weighted by atomic mass is 10.0. The lowest BCUT2D eigenvalue weighted by Gasteiger charge is -2.30. The fraction of sp³-hybridized carbons (Fsp3) is 1.00. The molecule has 0 rings (SSSR count). The molecule has 0 fully saturated rings. The molecular formula is C30H66N4O. The van der Waals surface area contributed by atoms with Crippen LogP contribution in [0.15, 0.2) is 0 Å². The normalized spacial score (nSPS) is 14.1. The van der Waals surface area contributed by atoms with E-state index in [0.29, 0.717) is 12.1 Å². The van der Waals surface area contributed by atoms with Crippen molar-refractivity contribution in [3.63, 3.8) is 0 Å². The van der Waals surface area contributed by atoms with Crippen LogP contribution in [0.25, 0.3) is 0 Å². The third-order valence-corrected chi connectivity index (χ3v) is 7.52. The smallest absolute Gasteiger partial charge is 0.0593 e. The largest absolute Gasteiger partial charge is 0.379 e. The zero-order valence-corrected chi connectivity index (χ0v) is 25.5. The lowest BCUT2D eigenvalue weighted by Crippen LogP contribution is -2.41. The van der Waals surface area contributed by atoms with E-state index in [2.05, 4.69) is 75.7 Å². The minimum Gasteiger partial charge on any atom is -0.379 e. The molecule has 0 aromatic rings. The fourth-order valence-electron chi connectivity index (χ4n) is 4.79. The average molecular weight is 499 g/mol. The Kier molecular flexibility index (Phi) is 24.0. The molecule has 0 heterocycles. The highest BCUT2D eigenvalue weighted by atomic mass is 16.5. The van der Waals surface area contributed by atoms with E-state index in [4.69, 9.17) is 4.74 Å². The Bertz CT molecular complexity index is 395. The van der Waals surface area contributed by atoms with Crippen LogP contribution in [0, 0.1) is 0 Å². The molecule has 0 N–H and O–H groups in total. The summed E-state index contributed by atoms with van der Waals surface area (Å²) in [6.07, 6.45) is 19.2. The van der Waals surface area contributed by atoms with Crippen molar-refractivity contribution < 1.29 is 4.74 Å². The van der Waals surface area contributed by atoms with Gasteiger partial charge in [-0.05, 0) is 55.1 Å². The number of hydrogen-bond acceptors (Lipinski definition) is 5. The molecule has 0 aromatic heterocycles. The van der Waals surface area contributed by atoms with Crippen LogP contribution >= 0.6 is 0 Å². The number of hydrogen-bond donors (Lipinski definition) is 0. The van der Waals surface area contributed by atoms with E-state index in [1.807, 2.05) is 0 Å². The molecule has 5 heteroatoms. The summed E-state index contributed by atoms with van der Waals surface area (Å²) in [7, 11) is 13.4. The zero-order valence-electron chi connectivity index (χ0n) is 25.5. The first-order valence-electron chi connectivity index (χ1n) is 15.1. The first-order chi connectivity index (χ1) is 16.8. The summed E-state index contributed by atoms with van der Waals surface area (Å²) in [5, 5.41) is 0. The van der Waals surface area contributed by atoms with Gasteiger partial charge >= 0.3 is 0 Å². The van der Waals surface area contributed by atoms with Crippen molar-refractivity contribution >= 4 is 0 Å². The SMILES string of the molecule is CCCCCCCCC(CN(C)CCOCCN(C)CC(CCCCCCCC)N(C)C)N(C)C. The molecule has 0 aromatic carbocycles. The van der Waals surface area contributed by atoms with Gasteiger partial charge in [0, 0.05) is 38.3 Å². The van der Waals surface area contributed by atoms with Gasteiger partial charge in [0.1, 0.15) is 0 Å². The van der Waals surface area contributed by atoms with Crippen molar-refractivity contribution in [1.29, 1.82) is 0 Å². The molecule has 0 saturated heterocycles. The van der Waals surface area contributed by atoms with Crippen LogP contribution in [0.5, 0.6) is 0 Å². The Labute approximate surface area is 221 Å². The van der Waals surface area contributed by atoms with E-state index in [9.17, 15) is 0 Å². The lowest BCUT2D eigenvalue weighted by molar-refractivity contribution is 0.0808. The molecule has 0 spiro atoms. The summed E-state index contributed by atoms with van der Waals surface area (Å²) in [5.74, 6) is 0. The Balaban J connectivity index is 3.98. The van der Waals surface area contributed by atoms with Crippen molar-refractivity contribution in [2.24, 2.45) is 0 Å². The highest BCUT2D eigenvalue weighted by Gasteiger charge is 2.15. The summed E-state index contributed by atoms with van der Waals surface area (Å²) in [6.45, 7) is 10.5. The number of unbranched alkanes of at least 4 members (excludes halogenated alkanes) is 10. The summed E-state index contributed by atoms with van der Waals surface area (Å²) < 4.78 is 6.02. The number of likely N-dealkylation sites (N-methyl/N-ethyl adjacent to an activating group) is 4. The third kappa shape index (κ3) is 21.6. The third-order valence-electron chi connectivity index (χ3n) is 7.52. The minimum absolute atomic E-state index is 0.645. The maximum absolute atomic E-state index is 6.02. The van der Waals surface area contributed by atoms with Gasteiger partial charge in [-0.3, -0.25) is 0 Å². The maximum atomic E-state index is 6.02. The Morgan fingerprint density at radius 1 is 0.486 bits per heavy atom. The molecule has 2 atom stereocenters. The standard InChI is InChI=1S/C30H66N4O/c1-9-11-13-15-17-19-21-29(31(3)4)27-33(7)23-25-35-26-24-34(8)28-30(32(5)6)22-20-18-16-14-12-10-2/h29-30H,9-28H2,1-8H3. The van der Waals surface area contributed by atoms with Crippen molar-refractivity contribution in [1.82, 2.24) is 19.6 Å². The number of rotatable bonds is 26. The van der Waals surface area contributed by atoms with Crippen molar-refractivity contribution in [3.05, 3.63) is 0 Å². The highest BCUT2D eigenvalue weighted by molar-refractivity contribution is 4.72. The van der Waals surface area contributed by atoms with Gasteiger partial charge in [0.15, 0.2) is 0 Å². The summed E-state index contributed by atoms with van der Waals surface area (Å²) >= 11 is 0. The van der Waals surface area contributed by atoms with E-state index in [1.165, 1.54) is 89.9 Å². The quantitative estimate of drug-likeness (QED) is 0.132. The monoisotopic (exact) mass is 499 g/mol. The molecule has 0 radical (unpaired) electrons. The van der Waals surface area contributed by atoms with Gasteiger partial charge in [0.05, 0.1) is 13.2 Å². The summed E-state index contributed by atoms with van der Waals surface area (Å²) in [4.78, 5) is 9.72. The van der Waals surface area contributed by atoms with Crippen molar-refractivity contribution in [3.8, 4) is 0 Å². The predicted molar refractivity (Wildman–Crippen MR) is 157 cm³/mol. The molecule has 0 amide bonds. The molecule has 35 heavy (non-hydrogen) atoms. The minimum atomic E-state index is 0.645. The molecule has 0 aliphatic carbocycles. The van der Waals surface area contributed by atoms with Crippen LogP contribution in [0.3, 0.4) is 0 Å². The molecule has 2 unspecified atom stereocenters. The maximum Gasteiger partial charge on any atom is 0.0593 e. The Morgan fingerprint density at radius 2 is 0.829 bits per heavy atom. The van der Waals surface area contributed by atoms with E-state index in [1.54, 1.807) is 0 Å². The van der Waals surface area contributed by atoms with Crippen LogP contribution in [-0.4, -0.2) is 113 Å². The van der Waals surface area contributed by atoms with Gasteiger partial charge in [0.25, 0.3) is 0 Å². The van der Waals surface area contributed by atoms with E-state index in [0.717, 1.165) is 39.4 Å². The predicted octanol–water partition coefficient (Wildman–Crippen LogP) is 6.23. The number of nitrogens with zero attached hydrogens (tertiary/aromatic N) is 4. The molecule has 0 bridgehead atoms. The van der Waals surface area contributed by atoms with Gasteiger partial charge in [-0.15, -0.1) is 0 Å². The molecule has 5 nitrogen and oxygen atoms in total. The zero-order chi connectivity index (χ0) is 26.3. The van der Waals surface area contributed by atoms with Crippen molar-refractivity contribution in [2.45, 2.75) is 116 Å². The average Bonchev–Trinajstić information content (AvgIpc) is 2.81. The molecule has 212 valence electrons. The van der Waals surface area contributed by atoms with E-state index in [-0.39, 0.29) is 0 Å². The van der Waals surface area contributed by atoms with Gasteiger partial charge in [0.2, 0.25) is 0 Å². The van der Waals surface area contributed by atoms with Gasteiger partial charge in [-0.25, -0.2) is 0 Å². The van der Waals surface area contributed by atoms with E-state index >= 15 is 0 Å². The van der Waals surface area contributed by atoms with Crippen LogP contribution in [0.1, 0.15) is 104 Å². The van der Waals surface area contributed by atoms with Gasteiger partial charge in [-0.2, -0.15) is 0 Å². The Morgan fingerprint density at radius 3 is 1.17 bits per heavy atom. The van der Waals surface area contributed by atoms with Crippen LogP contribution in [0.4, 0.5) is 0 Å². The van der Waals surface area contributed by atoms with Gasteiger partial charge in [-0.1, -0.05) is 90.9 Å². The first kappa shape index (κ1) is 34.8. The van der Waals surface area contributed by atoms with Crippen LogP contribution in [0.2, 0.25) is 0 Å². The van der Waals surface area contributed by atoms with Crippen LogP contribution < -0.4 is 0 Å². The molecule has 0 aliphatic heterocycles. The highest BCUT2D eigenvalue weighted by Crippen LogP contribution is 2.13. The van der Waals surface area contributed by atoms with Crippen molar-refractivity contribution in [2.75, 3.05) is 81.7 Å². The second kappa shape index (κ2) is 24.2. The number of ether oxygens (including phenoxy) is 1. The second-order valence-corrected chi connectivity index (χ2v) is 11.5. The molecule has 0 aliphatic rings. The summed E-state index contributed by atoms with van der Waals surface area (Å²) in [6, 6.07) is 1.29. The molecular weight excluding hydrogens is 432 g/mol. The summed E-state index contributed by atoms with van der Waals surface area (Å²) in [5.41, 5.74) is 0.